The fourth-order valence-corrected chi connectivity index (χ4v) is 4.97. The molecule has 0 aliphatic rings. The molecule has 3 heterocycles. The standard InChI is InChI=1S/C25H17ClN6O2S/c26-15-9-11-16(12-10-15)32-21(29-30-25(32)35-14-22(33)34)13-31-20-8-4-1-5-17(20)23-24(31)28-19-7-3-2-6-18(19)27-23/h1-12H,13-14H2,(H,33,34). The van der Waals surface area contributed by atoms with Crippen molar-refractivity contribution in [1.29, 1.82) is 0 Å². The predicted octanol–water partition coefficient (Wildman–Crippen LogP) is 5.20. The van der Waals surface area contributed by atoms with Crippen molar-refractivity contribution in [3.05, 3.63) is 83.6 Å². The van der Waals surface area contributed by atoms with Gasteiger partial charge in [0.1, 0.15) is 5.52 Å². The van der Waals surface area contributed by atoms with Crippen LogP contribution in [0.4, 0.5) is 0 Å². The molecular formula is C25H17ClN6O2S. The maximum atomic E-state index is 11.2. The molecule has 0 spiro atoms. The Hall–Kier alpha value is -3.95. The Kier molecular flexibility index (Phi) is 5.35. The van der Waals surface area contributed by atoms with Gasteiger partial charge in [-0.05, 0) is 42.5 Å². The van der Waals surface area contributed by atoms with Gasteiger partial charge in [0.25, 0.3) is 0 Å². The summed E-state index contributed by atoms with van der Waals surface area (Å²) in [5, 5.41) is 20.0. The minimum atomic E-state index is -0.924. The van der Waals surface area contributed by atoms with Crippen LogP contribution in [0, 0.1) is 0 Å². The fourth-order valence-electron chi connectivity index (χ4n) is 4.16. The summed E-state index contributed by atoms with van der Waals surface area (Å²) in [5.41, 5.74) is 4.97. The predicted molar refractivity (Wildman–Crippen MR) is 136 cm³/mol. The Bertz CT molecular complexity index is 1730. The number of para-hydroxylation sites is 3. The van der Waals surface area contributed by atoms with Crippen LogP contribution in [-0.4, -0.2) is 46.1 Å². The average molecular weight is 501 g/mol. The maximum absolute atomic E-state index is 11.2. The quantitative estimate of drug-likeness (QED) is 0.314. The highest BCUT2D eigenvalue weighted by Gasteiger charge is 2.20. The van der Waals surface area contributed by atoms with E-state index in [1.807, 2.05) is 65.2 Å². The Morgan fingerprint density at radius 3 is 2.40 bits per heavy atom. The smallest absolute Gasteiger partial charge is 0.313 e. The summed E-state index contributed by atoms with van der Waals surface area (Å²) in [6.07, 6.45) is 0. The number of carbonyl (C=O) groups is 1. The average Bonchev–Trinajstić information content (AvgIpc) is 3.41. The summed E-state index contributed by atoms with van der Waals surface area (Å²) in [4.78, 5) is 21.0. The van der Waals surface area contributed by atoms with E-state index in [2.05, 4.69) is 14.8 Å². The number of thioether (sulfide) groups is 1. The number of rotatable bonds is 6. The number of hydrogen-bond donors (Lipinski definition) is 1. The lowest BCUT2D eigenvalue weighted by atomic mass is 10.2. The van der Waals surface area contributed by atoms with E-state index in [0.29, 0.717) is 22.5 Å². The van der Waals surface area contributed by atoms with E-state index >= 15 is 0 Å². The van der Waals surface area contributed by atoms with Crippen LogP contribution < -0.4 is 0 Å². The monoisotopic (exact) mass is 500 g/mol. The number of benzene rings is 3. The second-order valence-electron chi connectivity index (χ2n) is 7.88. The minimum Gasteiger partial charge on any atom is -0.481 e. The van der Waals surface area contributed by atoms with Gasteiger partial charge >= 0.3 is 5.97 Å². The SMILES string of the molecule is O=C(O)CSc1nnc(Cn2c3ccccc3c3nc4ccccc4nc32)n1-c1ccc(Cl)cc1. The molecule has 8 nitrogen and oxygen atoms in total. The highest BCUT2D eigenvalue weighted by molar-refractivity contribution is 7.99. The lowest BCUT2D eigenvalue weighted by Gasteiger charge is -2.12. The molecule has 0 aliphatic heterocycles. The third kappa shape index (κ3) is 3.88. The molecule has 0 unspecified atom stereocenters. The molecule has 0 saturated heterocycles. The molecule has 3 aromatic heterocycles. The molecule has 0 aliphatic carbocycles. The van der Waals surface area contributed by atoms with Gasteiger partial charge in [-0.2, -0.15) is 0 Å². The van der Waals surface area contributed by atoms with E-state index < -0.39 is 5.97 Å². The molecule has 0 saturated carbocycles. The van der Waals surface area contributed by atoms with Crippen LogP contribution in [0.5, 0.6) is 0 Å². The molecule has 172 valence electrons. The highest BCUT2D eigenvalue weighted by atomic mass is 35.5. The summed E-state index contributed by atoms with van der Waals surface area (Å²) < 4.78 is 3.94. The topological polar surface area (TPSA) is 98.7 Å². The Labute approximate surface area is 208 Å². The Morgan fingerprint density at radius 1 is 0.914 bits per heavy atom. The number of aromatic nitrogens is 6. The van der Waals surface area contributed by atoms with Crippen molar-refractivity contribution in [2.45, 2.75) is 11.7 Å². The van der Waals surface area contributed by atoms with Crippen LogP contribution in [-0.2, 0) is 11.3 Å². The van der Waals surface area contributed by atoms with Gasteiger partial charge in [-0.1, -0.05) is 53.7 Å². The van der Waals surface area contributed by atoms with Gasteiger partial charge in [-0.15, -0.1) is 10.2 Å². The normalized spacial score (nSPS) is 11.6. The summed E-state index contributed by atoms with van der Waals surface area (Å²) >= 11 is 7.22. The van der Waals surface area contributed by atoms with Crippen molar-refractivity contribution >= 4 is 62.4 Å². The van der Waals surface area contributed by atoms with E-state index in [1.165, 1.54) is 0 Å². The van der Waals surface area contributed by atoms with E-state index in [1.54, 1.807) is 12.1 Å². The van der Waals surface area contributed by atoms with Crippen LogP contribution in [0.15, 0.2) is 78.0 Å². The van der Waals surface area contributed by atoms with Crippen molar-refractivity contribution in [2.75, 3.05) is 5.75 Å². The number of fused-ring (bicyclic) bond motifs is 4. The molecule has 6 aromatic rings. The van der Waals surface area contributed by atoms with E-state index in [4.69, 9.17) is 21.6 Å². The van der Waals surface area contributed by atoms with Crippen molar-refractivity contribution in [1.82, 2.24) is 29.3 Å². The number of nitrogens with zero attached hydrogens (tertiary/aromatic N) is 6. The van der Waals surface area contributed by atoms with Gasteiger partial charge in [-0.3, -0.25) is 9.36 Å². The van der Waals surface area contributed by atoms with Crippen LogP contribution in [0.3, 0.4) is 0 Å². The Balaban J connectivity index is 1.55. The van der Waals surface area contributed by atoms with E-state index in [9.17, 15) is 9.90 Å². The van der Waals surface area contributed by atoms with Gasteiger partial charge in [0, 0.05) is 16.1 Å². The van der Waals surface area contributed by atoms with Crippen molar-refractivity contribution in [3.63, 3.8) is 0 Å². The van der Waals surface area contributed by atoms with Crippen LogP contribution >= 0.6 is 23.4 Å². The molecule has 6 rings (SSSR count). The van der Waals surface area contributed by atoms with Crippen LogP contribution in [0.1, 0.15) is 5.82 Å². The molecular weight excluding hydrogens is 484 g/mol. The van der Waals surface area contributed by atoms with Crippen molar-refractivity contribution in [3.8, 4) is 5.69 Å². The van der Waals surface area contributed by atoms with Gasteiger partial charge < -0.3 is 9.67 Å². The second kappa shape index (κ2) is 8.68. The van der Waals surface area contributed by atoms with Gasteiger partial charge in [-0.25, -0.2) is 9.97 Å². The van der Waals surface area contributed by atoms with Crippen LogP contribution in [0.2, 0.25) is 5.02 Å². The molecule has 0 atom stereocenters. The number of carboxylic acids is 1. The third-order valence-electron chi connectivity index (χ3n) is 5.67. The largest absolute Gasteiger partial charge is 0.481 e. The van der Waals surface area contributed by atoms with Crippen molar-refractivity contribution in [2.24, 2.45) is 0 Å². The molecule has 3 aromatic carbocycles. The second-order valence-corrected chi connectivity index (χ2v) is 9.26. The molecule has 35 heavy (non-hydrogen) atoms. The maximum Gasteiger partial charge on any atom is 0.313 e. The molecule has 10 heteroatoms. The van der Waals surface area contributed by atoms with E-state index in [0.717, 1.165) is 50.5 Å². The first-order valence-corrected chi connectivity index (χ1v) is 12.1. The summed E-state index contributed by atoms with van der Waals surface area (Å²) in [6, 6.07) is 23.1. The molecule has 0 amide bonds. The zero-order valence-corrected chi connectivity index (χ0v) is 19.7. The molecule has 0 bridgehead atoms. The Morgan fingerprint density at radius 2 is 1.63 bits per heavy atom. The highest BCUT2D eigenvalue weighted by Crippen LogP contribution is 2.30. The summed E-state index contributed by atoms with van der Waals surface area (Å²) in [6.45, 7) is 0.361. The summed E-state index contributed by atoms with van der Waals surface area (Å²) in [5.74, 6) is -0.414. The molecule has 0 fully saturated rings. The van der Waals surface area contributed by atoms with Crippen molar-refractivity contribution < 1.29 is 9.90 Å². The zero-order valence-electron chi connectivity index (χ0n) is 18.2. The number of aliphatic carboxylic acids is 1. The number of hydrogen-bond acceptors (Lipinski definition) is 6. The lowest BCUT2D eigenvalue weighted by molar-refractivity contribution is -0.133. The van der Waals surface area contributed by atoms with Gasteiger partial charge in [0.05, 0.1) is 28.8 Å². The minimum absolute atomic E-state index is 0.126. The van der Waals surface area contributed by atoms with Crippen LogP contribution in [0.25, 0.3) is 38.8 Å². The molecule has 0 radical (unpaired) electrons. The number of halogens is 1. The van der Waals surface area contributed by atoms with Gasteiger partial charge in [0.2, 0.25) is 0 Å². The zero-order chi connectivity index (χ0) is 23.9. The van der Waals surface area contributed by atoms with E-state index in [-0.39, 0.29) is 5.75 Å². The summed E-state index contributed by atoms with van der Waals surface area (Å²) in [7, 11) is 0. The molecule has 1 N–H and O–H groups in total. The lowest BCUT2D eigenvalue weighted by Crippen LogP contribution is -2.09. The first-order chi connectivity index (χ1) is 17.1. The number of carboxylic acid groups (broad SMARTS) is 1. The third-order valence-corrected chi connectivity index (χ3v) is 6.83. The first-order valence-electron chi connectivity index (χ1n) is 10.8. The van der Waals surface area contributed by atoms with Gasteiger partial charge in [0.15, 0.2) is 16.6 Å². The fraction of sp³-hybridized carbons (Fsp3) is 0.0800. The first kappa shape index (κ1) is 21.6.